The van der Waals surface area contributed by atoms with Gasteiger partial charge in [0.2, 0.25) is 0 Å². The van der Waals surface area contributed by atoms with Crippen molar-refractivity contribution >= 4 is 16.8 Å². The fourth-order valence-corrected chi connectivity index (χ4v) is 3.62. The number of benzene rings is 1. The Morgan fingerprint density at radius 3 is 2.74 bits per heavy atom. The predicted octanol–water partition coefficient (Wildman–Crippen LogP) is 3.71. The minimum Gasteiger partial charge on any atom is -0.380 e. The number of fused-ring (bicyclic) bond motifs is 1. The maximum Gasteiger partial charge on any atom is 0.254 e. The van der Waals surface area contributed by atoms with E-state index >= 15 is 0 Å². The highest BCUT2D eigenvalue weighted by atomic mass is 16.5. The van der Waals surface area contributed by atoms with Gasteiger partial charge < -0.3 is 9.64 Å². The first-order valence-electron chi connectivity index (χ1n) is 9.11. The summed E-state index contributed by atoms with van der Waals surface area (Å²) < 4.78 is 5.33. The number of nitrogens with zero attached hydrogens (tertiary/aromatic N) is 3. The summed E-state index contributed by atoms with van der Waals surface area (Å²) in [5.74, 6) is 0.00580. The number of hydrogen-bond donors (Lipinski definition) is 0. The van der Waals surface area contributed by atoms with Crippen molar-refractivity contribution < 1.29 is 9.53 Å². The molecule has 5 heteroatoms. The second-order valence-electron chi connectivity index (χ2n) is 7.73. The molecule has 0 aliphatic carbocycles. The van der Waals surface area contributed by atoms with Crippen LogP contribution in [0, 0.1) is 12.3 Å². The van der Waals surface area contributed by atoms with E-state index in [0.29, 0.717) is 25.3 Å². The fourth-order valence-electron chi connectivity index (χ4n) is 3.62. The Kier molecular flexibility index (Phi) is 4.40. The lowest BCUT2D eigenvalue weighted by Crippen LogP contribution is -2.49. The zero-order chi connectivity index (χ0) is 19.0. The van der Waals surface area contributed by atoms with Gasteiger partial charge in [-0.25, -0.2) is 4.98 Å². The monoisotopic (exact) mass is 361 g/mol. The van der Waals surface area contributed by atoms with E-state index in [-0.39, 0.29) is 11.3 Å². The van der Waals surface area contributed by atoms with Crippen molar-refractivity contribution in [1.82, 2.24) is 14.9 Å². The van der Waals surface area contributed by atoms with Gasteiger partial charge in [-0.15, -0.1) is 0 Å². The van der Waals surface area contributed by atoms with Crippen LogP contribution in [0.2, 0.25) is 0 Å². The first-order chi connectivity index (χ1) is 13.0. The fraction of sp³-hybridized carbons (Fsp3) is 0.318. The standard InChI is InChI=1S/C22H23N3O2/c1-15-6-4-8-17-18(21(26)25(3)12-22(2)13-27-14-22)10-19(24-20(15)17)16-7-5-9-23-11-16/h4-11H,12-14H2,1-3H3. The van der Waals surface area contributed by atoms with Gasteiger partial charge in [-0.05, 0) is 30.7 Å². The van der Waals surface area contributed by atoms with Gasteiger partial charge in [0.05, 0.1) is 30.0 Å². The summed E-state index contributed by atoms with van der Waals surface area (Å²) in [6, 6.07) is 11.7. The summed E-state index contributed by atoms with van der Waals surface area (Å²) in [4.78, 5) is 24.1. The van der Waals surface area contributed by atoms with Crippen LogP contribution >= 0.6 is 0 Å². The van der Waals surface area contributed by atoms with Gasteiger partial charge in [-0.1, -0.05) is 25.1 Å². The van der Waals surface area contributed by atoms with Crippen LogP contribution < -0.4 is 0 Å². The lowest BCUT2D eigenvalue weighted by atomic mass is 9.88. The van der Waals surface area contributed by atoms with E-state index in [0.717, 1.165) is 27.7 Å². The third-order valence-corrected chi connectivity index (χ3v) is 5.10. The van der Waals surface area contributed by atoms with Crippen LogP contribution in [0.5, 0.6) is 0 Å². The molecule has 3 heterocycles. The smallest absolute Gasteiger partial charge is 0.254 e. The molecule has 5 nitrogen and oxygen atoms in total. The molecule has 2 aromatic heterocycles. The molecular formula is C22H23N3O2. The molecule has 1 fully saturated rings. The van der Waals surface area contributed by atoms with Crippen LogP contribution in [-0.2, 0) is 4.74 Å². The summed E-state index contributed by atoms with van der Waals surface area (Å²) in [7, 11) is 1.86. The zero-order valence-corrected chi connectivity index (χ0v) is 15.9. The Morgan fingerprint density at radius 1 is 1.26 bits per heavy atom. The summed E-state index contributed by atoms with van der Waals surface area (Å²) in [5.41, 5.74) is 4.28. The van der Waals surface area contributed by atoms with Crippen LogP contribution in [0.4, 0.5) is 0 Å². The van der Waals surface area contributed by atoms with E-state index in [4.69, 9.17) is 9.72 Å². The van der Waals surface area contributed by atoms with Crippen LogP contribution in [0.1, 0.15) is 22.8 Å². The van der Waals surface area contributed by atoms with Crippen molar-refractivity contribution in [3.05, 3.63) is 59.9 Å². The molecule has 1 aromatic carbocycles. The Bertz CT molecular complexity index is 997. The maximum atomic E-state index is 13.3. The number of rotatable bonds is 4. The molecule has 138 valence electrons. The van der Waals surface area contributed by atoms with Gasteiger partial charge >= 0.3 is 0 Å². The summed E-state index contributed by atoms with van der Waals surface area (Å²) >= 11 is 0. The SMILES string of the molecule is Cc1cccc2c(C(=O)N(C)CC3(C)COC3)cc(-c3cccnc3)nc12. The molecule has 0 atom stereocenters. The van der Waals surface area contributed by atoms with E-state index in [1.807, 2.05) is 50.4 Å². The van der Waals surface area contributed by atoms with E-state index in [1.165, 1.54) is 0 Å². The molecule has 4 rings (SSSR count). The zero-order valence-electron chi connectivity index (χ0n) is 15.9. The summed E-state index contributed by atoms with van der Waals surface area (Å²) in [6.07, 6.45) is 3.51. The Balaban J connectivity index is 1.80. The predicted molar refractivity (Wildman–Crippen MR) is 106 cm³/mol. The molecule has 1 aliphatic rings. The number of amides is 1. The number of ether oxygens (including phenoxy) is 1. The molecule has 0 bridgehead atoms. The minimum absolute atomic E-state index is 0.00580. The maximum absolute atomic E-state index is 13.3. The number of carbonyl (C=O) groups is 1. The second kappa shape index (κ2) is 6.74. The van der Waals surface area contributed by atoms with Gasteiger partial charge in [-0.2, -0.15) is 0 Å². The van der Waals surface area contributed by atoms with E-state index in [2.05, 4.69) is 11.9 Å². The molecule has 0 spiro atoms. The lowest BCUT2D eigenvalue weighted by Gasteiger charge is -2.40. The molecular weight excluding hydrogens is 338 g/mol. The molecule has 0 N–H and O–H groups in total. The highest BCUT2D eigenvalue weighted by molar-refractivity contribution is 6.07. The molecule has 0 saturated carbocycles. The van der Waals surface area contributed by atoms with Crippen LogP contribution in [0.25, 0.3) is 22.2 Å². The third kappa shape index (κ3) is 3.30. The number of aryl methyl sites for hydroxylation is 1. The van der Waals surface area contributed by atoms with Gasteiger partial charge in [0.15, 0.2) is 0 Å². The average molecular weight is 361 g/mol. The van der Waals surface area contributed by atoms with Crippen molar-refractivity contribution in [2.45, 2.75) is 13.8 Å². The normalized spacial score (nSPS) is 15.4. The van der Waals surface area contributed by atoms with Crippen molar-refractivity contribution in [2.75, 3.05) is 26.8 Å². The van der Waals surface area contributed by atoms with Crippen molar-refractivity contribution in [2.24, 2.45) is 5.41 Å². The second-order valence-corrected chi connectivity index (χ2v) is 7.73. The molecule has 3 aromatic rings. The topological polar surface area (TPSA) is 55.3 Å². The quantitative estimate of drug-likeness (QED) is 0.711. The van der Waals surface area contributed by atoms with Crippen LogP contribution in [0.3, 0.4) is 0 Å². The number of hydrogen-bond acceptors (Lipinski definition) is 4. The van der Waals surface area contributed by atoms with Gasteiger partial charge in [0.25, 0.3) is 5.91 Å². The Hall–Kier alpha value is -2.79. The summed E-state index contributed by atoms with van der Waals surface area (Å²) in [5, 5.41) is 0.884. The largest absolute Gasteiger partial charge is 0.380 e. The highest BCUT2D eigenvalue weighted by Crippen LogP contribution is 2.30. The summed E-state index contributed by atoms with van der Waals surface area (Å²) in [6.45, 7) is 6.23. The van der Waals surface area contributed by atoms with Gasteiger partial charge in [-0.3, -0.25) is 9.78 Å². The number of para-hydroxylation sites is 1. The highest BCUT2D eigenvalue weighted by Gasteiger charge is 2.36. The van der Waals surface area contributed by atoms with Crippen LogP contribution in [-0.4, -0.2) is 47.6 Å². The van der Waals surface area contributed by atoms with Gasteiger partial charge in [0, 0.05) is 42.4 Å². The minimum atomic E-state index is 0.00580. The first kappa shape index (κ1) is 17.6. The molecule has 0 unspecified atom stereocenters. The Labute approximate surface area is 159 Å². The van der Waals surface area contributed by atoms with Crippen molar-refractivity contribution in [3.8, 4) is 11.3 Å². The van der Waals surface area contributed by atoms with E-state index in [1.54, 1.807) is 17.3 Å². The van der Waals surface area contributed by atoms with Crippen LogP contribution in [0.15, 0.2) is 48.8 Å². The molecule has 27 heavy (non-hydrogen) atoms. The Morgan fingerprint density at radius 2 is 2.07 bits per heavy atom. The van der Waals surface area contributed by atoms with Crippen molar-refractivity contribution in [1.29, 1.82) is 0 Å². The van der Waals surface area contributed by atoms with Gasteiger partial charge in [0.1, 0.15) is 0 Å². The average Bonchev–Trinajstić information content (AvgIpc) is 2.66. The molecule has 1 saturated heterocycles. The molecule has 0 radical (unpaired) electrons. The number of pyridine rings is 2. The first-order valence-corrected chi connectivity index (χ1v) is 9.11. The lowest BCUT2D eigenvalue weighted by molar-refractivity contribution is -0.109. The third-order valence-electron chi connectivity index (χ3n) is 5.10. The number of carbonyl (C=O) groups excluding carboxylic acids is 1. The number of aromatic nitrogens is 2. The molecule has 1 amide bonds. The van der Waals surface area contributed by atoms with E-state index < -0.39 is 0 Å². The van der Waals surface area contributed by atoms with Crippen molar-refractivity contribution in [3.63, 3.8) is 0 Å². The van der Waals surface area contributed by atoms with E-state index in [9.17, 15) is 4.79 Å². The molecule has 1 aliphatic heterocycles.